The van der Waals surface area contributed by atoms with E-state index in [1.807, 2.05) is 6.92 Å². The first-order chi connectivity index (χ1) is 19.3. The van der Waals surface area contributed by atoms with Crippen molar-refractivity contribution in [2.45, 2.75) is 18.4 Å². The first-order valence-electron chi connectivity index (χ1n) is 12.1. The lowest BCUT2D eigenvalue weighted by Gasteiger charge is -2.23. The first kappa shape index (κ1) is 27.4. The van der Waals surface area contributed by atoms with Crippen LogP contribution in [0.4, 0.5) is 9.52 Å². The highest BCUT2D eigenvalue weighted by atomic mass is 32.2. The normalized spacial score (nSPS) is 11.4. The van der Waals surface area contributed by atoms with Crippen LogP contribution in [0.1, 0.15) is 11.1 Å². The van der Waals surface area contributed by atoms with Gasteiger partial charge in [0, 0.05) is 46.4 Å². The molecule has 5 rings (SSSR count). The van der Waals surface area contributed by atoms with Crippen molar-refractivity contribution >= 4 is 37.3 Å². The summed E-state index contributed by atoms with van der Waals surface area (Å²) in [6, 6.07) is 14.4. The van der Waals surface area contributed by atoms with Gasteiger partial charge in [-0.3, -0.25) is 4.98 Å². The molecule has 11 heteroatoms. The number of halogens is 1. The van der Waals surface area contributed by atoms with E-state index in [4.69, 9.17) is 14.2 Å². The molecule has 0 saturated carbocycles. The Kier molecular flexibility index (Phi) is 7.59. The zero-order chi connectivity index (χ0) is 28.4. The molecule has 0 radical (unpaired) electrons. The fourth-order valence-corrected chi connectivity index (χ4v) is 6.75. The van der Waals surface area contributed by atoms with Gasteiger partial charge in [0.25, 0.3) is 10.0 Å². The monoisotopic (exact) mass is 579 g/mol. The highest BCUT2D eigenvalue weighted by Crippen LogP contribution is 2.37. The van der Waals surface area contributed by atoms with Gasteiger partial charge in [0.1, 0.15) is 23.1 Å². The fraction of sp³-hybridized carbons (Fsp3) is 0.172. The van der Waals surface area contributed by atoms with Crippen molar-refractivity contribution in [3.63, 3.8) is 0 Å². The number of hydrogen-bond acceptors (Lipinski definition) is 8. The van der Waals surface area contributed by atoms with E-state index in [0.29, 0.717) is 50.0 Å². The van der Waals surface area contributed by atoms with Crippen molar-refractivity contribution < 1.29 is 27.0 Å². The van der Waals surface area contributed by atoms with Crippen LogP contribution in [0, 0.1) is 12.7 Å². The maximum Gasteiger partial charge on any atom is 0.266 e. The Morgan fingerprint density at radius 3 is 2.40 bits per heavy atom. The molecule has 2 aromatic heterocycles. The largest absolute Gasteiger partial charge is 0.497 e. The molecule has 40 heavy (non-hydrogen) atoms. The van der Waals surface area contributed by atoms with Crippen molar-refractivity contribution in [3.8, 4) is 28.5 Å². The third-order valence-electron chi connectivity index (χ3n) is 6.51. The molecule has 0 bridgehead atoms. The molecule has 0 N–H and O–H groups in total. The number of hydrogen-bond donors (Lipinski definition) is 0. The van der Waals surface area contributed by atoms with Crippen LogP contribution in [0.15, 0.2) is 77.3 Å². The summed E-state index contributed by atoms with van der Waals surface area (Å²) < 4.78 is 59.6. The van der Waals surface area contributed by atoms with Crippen molar-refractivity contribution in [1.82, 2.24) is 9.97 Å². The third kappa shape index (κ3) is 5.05. The second kappa shape index (κ2) is 11.1. The van der Waals surface area contributed by atoms with Gasteiger partial charge >= 0.3 is 0 Å². The van der Waals surface area contributed by atoms with E-state index in [-0.39, 0.29) is 11.4 Å². The van der Waals surface area contributed by atoms with Crippen LogP contribution in [-0.4, -0.2) is 39.7 Å². The van der Waals surface area contributed by atoms with Gasteiger partial charge in [0.15, 0.2) is 5.13 Å². The van der Waals surface area contributed by atoms with Crippen LogP contribution < -0.4 is 18.5 Å². The summed E-state index contributed by atoms with van der Waals surface area (Å²) >= 11 is 1.22. The number of aromatic nitrogens is 2. The van der Waals surface area contributed by atoms with Crippen molar-refractivity contribution in [3.05, 3.63) is 89.3 Å². The molecule has 0 aliphatic heterocycles. The summed E-state index contributed by atoms with van der Waals surface area (Å²) in [7, 11) is 0.469. The van der Waals surface area contributed by atoms with Gasteiger partial charge in [0.2, 0.25) is 0 Å². The van der Waals surface area contributed by atoms with Gasteiger partial charge in [-0.25, -0.2) is 22.1 Å². The van der Waals surface area contributed by atoms with E-state index in [1.165, 1.54) is 42.0 Å². The highest BCUT2D eigenvalue weighted by Gasteiger charge is 2.29. The number of methoxy groups -OCH3 is 3. The lowest BCUT2D eigenvalue weighted by atomic mass is 10.0. The highest BCUT2D eigenvalue weighted by molar-refractivity contribution is 7.93. The molecular weight excluding hydrogens is 553 g/mol. The average Bonchev–Trinajstić information content (AvgIpc) is 3.50. The quantitative estimate of drug-likeness (QED) is 0.205. The number of nitrogens with zero attached hydrogens (tertiary/aromatic N) is 3. The Morgan fingerprint density at radius 1 is 0.900 bits per heavy atom. The van der Waals surface area contributed by atoms with E-state index in [2.05, 4.69) is 9.97 Å². The summed E-state index contributed by atoms with van der Waals surface area (Å²) in [4.78, 5) is 8.97. The maximum absolute atomic E-state index is 14.2. The second-order valence-corrected chi connectivity index (χ2v) is 11.6. The van der Waals surface area contributed by atoms with Gasteiger partial charge < -0.3 is 14.2 Å². The molecule has 2 heterocycles. The first-order valence-corrected chi connectivity index (χ1v) is 14.4. The molecule has 206 valence electrons. The molecular formula is C29H26FN3O5S2. The number of benzene rings is 3. The molecule has 0 spiro atoms. The van der Waals surface area contributed by atoms with Crippen molar-refractivity contribution in [2.24, 2.45) is 0 Å². The van der Waals surface area contributed by atoms with Crippen molar-refractivity contribution in [1.29, 1.82) is 0 Å². The summed E-state index contributed by atoms with van der Waals surface area (Å²) in [5.41, 5.74) is 2.59. The van der Waals surface area contributed by atoms with E-state index >= 15 is 0 Å². The number of anilines is 1. The summed E-state index contributed by atoms with van der Waals surface area (Å²) in [5, 5.41) is 3.45. The molecule has 8 nitrogen and oxygen atoms in total. The Labute approximate surface area is 235 Å². The molecule has 0 amide bonds. The average molecular weight is 580 g/mol. The summed E-state index contributed by atoms with van der Waals surface area (Å²) in [5.74, 6) is 0.991. The van der Waals surface area contributed by atoms with Crippen LogP contribution in [0.3, 0.4) is 0 Å². The Hall–Kier alpha value is -4.22. The summed E-state index contributed by atoms with van der Waals surface area (Å²) in [6.07, 6.45) is 3.23. The predicted molar refractivity (Wildman–Crippen MR) is 153 cm³/mol. The van der Waals surface area contributed by atoms with Gasteiger partial charge in [-0.05, 0) is 54.3 Å². The molecule has 0 unspecified atom stereocenters. The van der Waals surface area contributed by atoms with Gasteiger partial charge in [-0.1, -0.05) is 6.07 Å². The Bertz CT molecular complexity index is 1790. The number of sulfonamides is 1. The van der Waals surface area contributed by atoms with Gasteiger partial charge in [0.05, 0.1) is 38.5 Å². The third-order valence-corrected chi connectivity index (χ3v) is 9.15. The molecule has 0 atom stereocenters. The van der Waals surface area contributed by atoms with E-state index in [9.17, 15) is 12.8 Å². The Balaban J connectivity index is 1.62. The van der Waals surface area contributed by atoms with E-state index < -0.39 is 15.8 Å². The zero-order valence-corrected chi connectivity index (χ0v) is 23.8. The minimum absolute atomic E-state index is 0.00555. The van der Waals surface area contributed by atoms with Crippen LogP contribution in [0.2, 0.25) is 0 Å². The van der Waals surface area contributed by atoms with Crippen LogP contribution >= 0.6 is 11.3 Å². The molecule has 0 fully saturated rings. The van der Waals surface area contributed by atoms with E-state index in [1.54, 1.807) is 67.3 Å². The van der Waals surface area contributed by atoms with Gasteiger partial charge in [-0.2, -0.15) is 0 Å². The minimum Gasteiger partial charge on any atom is -0.497 e. The topological polar surface area (TPSA) is 90.9 Å². The molecule has 5 aromatic rings. The van der Waals surface area contributed by atoms with Gasteiger partial charge in [-0.15, -0.1) is 11.3 Å². The maximum atomic E-state index is 14.2. The molecule has 3 aromatic carbocycles. The van der Waals surface area contributed by atoms with Crippen LogP contribution in [0.5, 0.6) is 17.2 Å². The molecule has 0 saturated heterocycles. The standard InChI is InChI=1S/C29H26FN3O5S2/c1-18-16-32-28(24-9-6-20(30)13-27(24)38-4)23-10-8-22(15-25(18)23)40(34,35)33(29-31-11-12-39-29)17-19-5-7-21(36-2)14-26(19)37-3/h5-16H,17H2,1-4H3. The summed E-state index contributed by atoms with van der Waals surface area (Å²) in [6.45, 7) is 1.85. The predicted octanol–water partition coefficient (Wildman–Crippen LogP) is 6.23. The van der Waals surface area contributed by atoms with Crippen LogP contribution in [-0.2, 0) is 16.6 Å². The number of pyridine rings is 1. The number of thiazole rings is 1. The van der Waals surface area contributed by atoms with E-state index in [0.717, 1.165) is 5.56 Å². The Morgan fingerprint density at radius 2 is 1.70 bits per heavy atom. The lowest BCUT2D eigenvalue weighted by Crippen LogP contribution is -2.30. The number of ether oxygens (including phenoxy) is 3. The second-order valence-electron chi connectivity index (χ2n) is 8.85. The molecule has 0 aliphatic carbocycles. The van der Waals surface area contributed by atoms with Crippen LogP contribution in [0.25, 0.3) is 22.0 Å². The number of fused-ring (bicyclic) bond motifs is 1. The zero-order valence-electron chi connectivity index (χ0n) is 22.2. The van der Waals surface area contributed by atoms with Crippen molar-refractivity contribution in [2.75, 3.05) is 25.6 Å². The number of rotatable bonds is 9. The molecule has 0 aliphatic rings. The minimum atomic E-state index is -4.07. The fourth-order valence-electron chi connectivity index (χ4n) is 4.45. The number of aryl methyl sites for hydroxylation is 1. The lowest BCUT2D eigenvalue weighted by molar-refractivity contribution is 0.391. The SMILES string of the molecule is COc1ccc(CN(c2nccs2)S(=O)(=O)c2ccc3c(-c4ccc(F)cc4OC)ncc(C)c3c2)c(OC)c1. The smallest absolute Gasteiger partial charge is 0.266 e.